The fraction of sp³-hybridized carbons (Fsp3) is 0.345. The molecule has 4 saturated heterocycles. The maximum absolute atomic E-state index is 14.4. The molecule has 24 rings (SSSR count). The summed E-state index contributed by atoms with van der Waals surface area (Å²) in [5.41, 5.74) is 44.8. The molecule has 10 N–H and O–H groups in total. The van der Waals surface area contributed by atoms with E-state index in [-0.39, 0.29) is 17.0 Å². The lowest BCUT2D eigenvalue weighted by molar-refractivity contribution is 0.179. The van der Waals surface area contributed by atoms with Gasteiger partial charge >= 0.3 is 7.59 Å². The lowest BCUT2D eigenvalue weighted by atomic mass is 9.79. The SMILES string of the molecule is CC(C)C1[C@H]2CCCC[C@@H]2N(C(C)C)P1(N)=O.NP1(=O)C(Cc2ccc3ccccc3c2)[C@H]2CCCC[C@@H]2N1Cc1ccc2ccccc2c1.NP1(=O)C(Cc2cccc3ccccc23)[C@H]2CCCC[C@@H]2N1Cc1cccc2ccccc12.NP1(=O)N(Cc2ccc3ccccc3c2)c2ccccc2N1Cc1ccc2ccccc2c1.NP1(=O)N(Cc2ccccc2)[C@H]2CCCC[C@@H]2N1Cc1ccccc1. The summed E-state index contributed by atoms with van der Waals surface area (Å²) in [6.45, 7) is 12.3. The van der Waals surface area contributed by atoms with E-state index in [1.165, 1.54) is 162 Å². The van der Waals surface area contributed by atoms with E-state index in [2.05, 4.69) is 306 Å². The maximum Gasteiger partial charge on any atom is 0.331 e. The van der Waals surface area contributed by atoms with Crippen molar-refractivity contribution < 1.29 is 22.8 Å². The average molecular weight is 1970 g/mol. The number of hydrogen-bond acceptors (Lipinski definition) is 5. The highest BCUT2D eigenvalue weighted by molar-refractivity contribution is 7.65. The minimum atomic E-state index is -3.33. The second kappa shape index (κ2) is 42.5. The quantitative estimate of drug-likeness (QED) is 0.0502. The van der Waals surface area contributed by atoms with Crippen LogP contribution in [0, 0.1) is 23.7 Å². The lowest BCUT2D eigenvalue weighted by Gasteiger charge is -2.34. The first-order valence-corrected chi connectivity index (χ1v) is 60.5. The van der Waals surface area contributed by atoms with Gasteiger partial charge in [0.05, 0.1) is 24.5 Å². The van der Waals surface area contributed by atoms with E-state index in [4.69, 9.17) is 27.5 Å². The van der Waals surface area contributed by atoms with E-state index in [0.717, 1.165) is 73.9 Å². The number of rotatable bonds is 18. The van der Waals surface area contributed by atoms with Gasteiger partial charge in [0.15, 0.2) is 0 Å². The average Bonchev–Trinajstić information content (AvgIpc) is 1.60. The molecule has 4 aliphatic carbocycles. The van der Waals surface area contributed by atoms with Gasteiger partial charge in [0.2, 0.25) is 22.3 Å². The van der Waals surface area contributed by atoms with Crippen molar-refractivity contribution in [2.75, 3.05) is 9.34 Å². The van der Waals surface area contributed by atoms with Crippen LogP contribution in [0.5, 0.6) is 0 Å². The van der Waals surface area contributed by atoms with E-state index >= 15 is 0 Å². The summed E-state index contributed by atoms with van der Waals surface area (Å²) in [5, 5.41) is 14.7. The third-order valence-electron chi connectivity index (χ3n) is 32.6. The second-order valence-electron chi connectivity index (χ2n) is 41.9. The summed E-state index contributed by atoms with van der Waals surface area (Å²) in [7, 11) is -15.0. The van der Waals surface area contributed by atoms with E-state index in [1.807, 2.05) is 94.3 Å². The predicted molar refractivity (Wildman–Crippen MR) is 590 cm³/mol. The molecular formula is C119H139N12O5P5. The Labute approximate surface area is 834 Å². The Bertz CT molecular complexity index is 6820. The highest BCUT2D eigenvalue weighted by Crippen LogP contribution is 2.68. The van der Waals surface area contributed by atoms with Crippen LogP contribution in [0.3, 0.4) is 0 Å². The van der Waals surface area contributed by atoms with Crippen molar-refractivity contribution in [2.45, 2.75) is 236 Å². The minimum absolute atomic E-state index is 0.0172. The maximum atomic E-state index is 14.4. The Morgan fingerprint density at radius 2 is 0.589 bits per heavy atom. The molecule has 14 atom stereocenters. The number of anilines is 2. The van der Waals surface area contributed by atoms with E-state index in [0.29, 0.717) is 99.2 Å². The predicted octanol–water partition coefficient (Wildman–Crippen LogP) is 29.2. The molecule has 15 aromatic rings. The third kappa shape index (κ3) is 20.5. The van der Waals surface area contributed by atoms with E-state index < -0.39 is 37.5 Å². The molecule has 22 heteroatoms. The number of nitrogens with zero attached hydrogens (tertiary/aromatic N) is 7. The van der Waals surface area contributed by atoms with Gasteiger partial charge in [-0.05, 0) is 241 Å². The van der Waals surface area contributed by atoms with Gasteiger partial charge in [-0.3, -0.25) is 54.2 Å². The molecule has 141 heavy (non-hydrogen) atoms. The first kappa shape index (κ1) is 98.6. The van der Waals surface area contributed by atoms with Gasteiger partial charge in [-0.25, -0.2) is 28.9 Å². The molecule has 730 valence electrons. The largest absolute Gasteiger partial charge is 0.331 e. The molecule has 0 amide bonds. The van der Waals surface area contributed by atoms with Gasteiger partial charge in [0.25, 0.3) is 7.59 Å². The fourth-order valence-corrected chi connectivity index (χ4v) is 39.7. The van der Waals surface area contributed by atoms with Gasteiger partial charge < -0.3 is 0 Å². The summed E-state index contributed by atoms with van der Waals surface area (Å²) < 4.78 is 84.1. The standard InChI is InChI=1S/2C29H31N2OP.C28H24N3OP.C20H26N3OP.C13H27N2OP/c30-33(32)29(19-23-13-7-11-21-9-1-3-15-25(21)23)27-17-5-6-18-28(27)31(33)20-24-14-8-12-22-10-2-4-16-26(22)24;30-33(32)29(19-21-13-15-23-7-1-3-9-25(23)17-21)27-11-5-6-12-28(27)31(33)20-22-14-16-24-8-2-4-10-26(24)18-22;29-33(32)30(19-21-13-15-23-7-1-3-9-25(23)17-21)27-11-5-6-12-28(27)31(33)20-22-14-16-24-8-2-4-10-26(24)18-22;21-25(24)22(15-17-9-3-1-4-10-17)19-13-7-8-14-20(19)23(25)16-18-11-5-2-6-12-18;1-9(2)13-11-7-5-6-8-12(11)15(10(3)4)17(13,14)16/h1-4,7-16,27-29H,5-6,17-20H2,(H2,30,32);1-4,7-10,13-18,27-29H,5-6,11-12,19-20H2,(H2,30,32);1-18H,19-20H2,(H2,29,32);1-6,9-12,19-20H,7-8,13-16H2,(H2,21,24);9-13H,5-8H2,1-4H3,(H2,14,16)/t2*27-,28-,29?,33?;;19-,20-;11-,12-,13?,17?/m00.00/s1. The summed E-state index contributed by atoms with van der Waals surface area (Å²) >= 11 is 0. The van der Waals surface area contributed by atoms with Crippen LogP contribution in [0.15, 0.2) is 340 Å². The minimum Gasteiger partial charge on any atom is -0.289 e. The van der Waals surface area contributed by atoms with Crippen LogP contribution in [0.1, 0.15) is 175 Å². The molecule has 8 fully saturated rings. The Kier molecular flexibility index (Phi) is 29.7. The number of benzene rings is 15. The molecule has 0 spiro atoms. The molecule has 0 aromatic heterocycles. The number of fused-ring (bicyclic) bond motifs is 11. The van der Waals surface area contributed by atoms with Gasteiger partial charge in [-0.15, -0.1) is 0 Å². The zero-order chi connectivity index (χ0) is 97.3. The van der Waals surface area contributed by atoms with Crippen LogP contribution in [0.25, 0.3) is 64.6 Å². The molecular weight excluding hydrogens is 1830 g/mol. The van der Waals surface area contributed by atoms with Gasteiger partial charge in [-0.2, -0.15) is 0 Å². The van der Waals surface area contributed by atoms with Crippen LogP contribution in [-0.4, -0.2) is 76.6 Å². The Hall–Kier alpha value is -9.79. The number of nitrogens with two attached hydrogens (primary N) is 5. The molecule has 15 aromatic carbocycles. The van der Waals surface area contributed by atoms with Gasteiger partial charge in [-0.1, -0.05) is 375 Å². The highest BCUT2D eigenvalue weighted by Gasteiger charge is 2.59. The van der Waals surface area contributed by atoms with Crippen LogP contribution < -0.4 is 36.9 Å². The van der Waals surface area contributed by atoms with Crippen molar-refractivity contribution in [1.29, 1.82) is 0 Å². The zero-order valence-electron chi connectivity index (χ0n) is 82.1. The van der Waals surface area contributed by atoms with E-state index in [9.17, 15) is 22.8 Å². The second-order valence-corrected chi connectivity index (χ2v) is 53.7. The summed E-state index contributed by atoms with van der Waals surface area (Å²) in [6.07, 6.45) is 20.5. The van der Waals surface area contributed by atoms with E-state index in [1.54, 1.807) is 0 Å². The molecule has 4 saturated carbocycles. The van der Waals surface area contributed by atoms with Crippen LogP contribution in [-0.2, 0) is 74.9 Å². The van der Waals surface area contributed by atoms with Crippen molar-refractivity contribution in [2.24, 2.45) is 51.2 Å². The van der Waals surface area contributed by atoms with Gasteiger partial charge in [0.1, 0.15) is 0 Å². The topological polar surface area (TPSA) is 238 Å². The first-order valence-electron chi connectivity index (χ1n) is 51.7. The zero-order valence-corrected chi connectivity index (χ0v) is 86.6. The van der Waals surface area contributed by atoms with Crippen molar-refractivity contribution >= 4 is 114 Å². The first-order chi connectivity index (χ1) is 68.3. The smallest absolute Gasteiger partial charge is 0.289 e. The molecule has 0 bridgehead atoms. The summed E-state index contributed by atoms with van der Waals surface area (Å²) in [4.78, 5) is 0. The number of para-hydroxylation sites is 2. The third-order valence-corrected chi connectivity index (χ3v) is 45.8. The summed E-state index contributed by atoms with van der Waals surface area (Å²) in [5.74, 6) is 1.83. The number of hydrogen-bond donors (Lipinski definition) is 5. The van der Waals surface area contributed by atoms with Crippen LogP contribution in [0.2, 0.25) is 0 Å². The fourth-order valence-electron chi connectivity index (χ4n) is 26.0. The molecule has 17 nitrogen and oxygen atoms in total. The monoisotopic (exact) mass is 1970 g/mol. The lowest BCUT2D eigenvalue weighted by Crippen LogP contribution is -2.39. The Morgan fingerprint density at radius 3 is 1.03 bits per heavy atom. The Morgan fingerprint density at radius 1 is 0.262 bits per heavy atom. The van der Waals surface area contributed by atoms with Crippen molar-refractivity contribution in [3.8, 4) is 0 Å². The molecule has 5 aliphatic heterocycles. The normalized spacial score (nSPS) is 26.3. The van der Waals surface area contributed by atoms with Crippen molar-refractivity contribution in [1.82, 2.24) is 23.4 Å². The van der Waals surface area contributed by atoms with Crippen LogP contribution in [0.4, 0.5) is 11.4 Å². The molecule has 6 unspecified atom stereocenters. The molecule has 0 radical (unpaired) electrons. The van der Waals surface area contributed by atoms with Crippen molar-refractivity contribution in [3.63, 3.8) is 0 Å². The Balaban J connectivity index is 0.000000110. The van der Waals surface area contributed by atoms with Crippen LogP contribution >= 0.6 is 37.5 Å². The van der Waals surface area contributed by atoms with Gasteiger partial charge in [0, 0.05) is 79.4 Å². The summed E-state index contributed by atoms with van der Waals surface area (Å²) in [6, 6.07) is 120. The molecule has 5 heterocycles. The highest BCUT2D eigenvalue weighted by atomic mass is 31.2. The molecule has 9 aliphatic rings. The van der Waals surface area contributed by atoms with Crippen molar-refractivity contribution in [3.05, 3.63) is 384 Å².